The van der Waals surface area contributed by atoms with E-state index in [1.807, 2.05) is 11.8 Å². The summed E-state index contributed by atoms with van der Waals surface area (Å²) in [6.45, 7) is 1.97. The SMILES string of the molecule is CCC1C(=O)NC(C2CC2)C(=O)N1C1CCCC1OC. The van der Waals surface area contributed by atoms with Crippen LogP contribution in [0.5, 0.6) is 0 Å². The van der Waals surface area contributed by atoms with Crippen molar-refractivity contribution in [3.05, 3.63) is 0 Å². The fourth-order valence-electron chi connectivity index (χ4n) is 3.78. The lowest BCUT2D eigenvalue weighted by Crippen LogP contribution is -2.67. The van der Waals surface area contributed by atoms with Gasteiger partial charge in [0.05, 0.1) is 12.1 Å². The van der Waals surface area contributed by atoms with E-state index in [0.717, 1.165) is 32.1 Å². The molecule has 4 atom stereocenters. The summed E-state index contributed by atoms with van der Waals surface area (Å²) in [5, 5.41) is 2.94. The van der Waals surface area contributed by atoms with Crippen LogP contribution in [0.2, 0.25) is 0 Å². The number of ether oxygens (including phenoxy) is 1. The maximum absolute atomic E-state index is 12.8. The van der Waals surface area contributed by atoms with Gasteiger partial charge in [-0.05, 0) is 44.4 Å². The smallest absolute Gasteiger partial charge is 0.246 e. The van der Waals surface area contributed by atoms with Gasteiger partial charge in [0.1, 0.15) is 12.1 Å². The maximum atomic E-state index is 12.8. The van der Waals surface area contributed by atoms with Crippen LogP contribution in [-0.4, -0.2) is 48.1 Å². The largest absolute Gasteiger partial charge is 0.379 e. The number of rotatable bonds is 4. The van der Waals surface area contributed by atoms with Crippen LogP contribution in [0.1, 0.15) is 45.4 Å². The average molecular weight is 280 g/mol. The van der Waals surface area contributed by atoms with E-state index in [1.54, 1.807) is 7.11 Å². The van der Waals surface area contributed by atoms with E-state index in [9.17, 15) is 9.59 Å². The first-order valence-corrected chi connectivity index (χ1v) is 7.82. The quantitative estimate of drug-likeness (QED) is 0.838. The molecular formula is C15H24N2O3. The molecule has 2 aliphatic carbocycles. The molecule has 3 rings (SSSR count). The van der Waals surface area contributed by atoms with Gasteiger partial charge >= 0.3 is 0 Å². The minimum atomic E-state index is -0.321. The van der Waals surface area contributed by atoms with Gasteiger partial charge in [-0.25, -0.2) is 0 Å². The molecule has 4 unspecified atom stereocenters. The van der Waals surface area contributed by atoms with Crippen molar-refractivity contribution in [2.75, 3.05) is 7.11 Å². The lowest BCUT2D eigenvalue weighted by Gasteiger charge is -2.43. The van der Waals surface area contributed by atoms with Crippen molar-refractivity contribution in [2.45, 2.75) is 69.7 Å². The number of piperazine rings is 1. The molecule has 2 saturated carbocycles. The van der Waals surface area contributed by atoms with E-state index in [2.05, 4.69) is 5.32 Å². The number of nitrogens with zero attached hydrogens (tertiary/aromatic N) is 1. The number of amides is 2. The summed E-state index contributed by atoms with van der Waals surface area (Å²) in [5.74, 6) is 0.493. The zero-order valence-corrected chi connectivity index (χ0v) is 12.3. The monoisotopic (exact) mass is 280 g/mol. The van der Waals surface area contributed by atoms with Crippen LogP contribution in [0, 0.1) is 5.92 Å². The molecule has 112 valence electrons. The Kier molecular flexibility index (Phi) is 3.71. The number of methoxy groups -OCH3 is 1. The molecule has 0 aromatic heterocycles. The van der Waals surface area contributed by atoms with Gasteiger partial charge in [-0.15, -0.1) is 0 Å². The van der Waals surface area contributed by atoms with Crippen LogP contribution in [-0.2, 0) is 14.3 Å². The van der Waals surface area contributed by atoms with Crippen LogP contribution < -0.4 is 5.32 Å². The van der Waals surface area contributed by atoms with Crippen molar-refractivity contribution in [1.82, 2.24) is 10.2 Å². The normalized spacial score (nSPS) is 38.2. The summed E-state index contributed by atoms with van der Waals surface area (Å²) in [5.41, 5.74) is 0. The van der Waals surface area contributed by atoms with Gasteiger partial charge < -0.3 is 15.0 Å². The molecule has 0 aromatic rings. The van der Waals surface area contributed by atoms with Crippen molar-refractivity contribution >= 4 is 11.8 Å². The van der Waals surface area contributed by atoms with Crippen LogP contribution >= 0.6 is 0 Å². The Bertz CT molecular complexity index is 408. The molecule has 3 aliphatic rings. The lowest BCUT2D eigenvalue weighted by atomic mass is 9.98. The predicted octanol–water partition coefficient (Wildman–Crippen LogP) is 1.07. The summed E-state index contributed by atoms with van der Waals surface area (Å²) >= 11 is 0. The fourth-order valence-corrected chi connectivity index (χ4v) is 3.78. The summed E-state index contributed by atoms with van der Waals surface area (Å²) in [6.07, 6.45) is 5.86. The first kappa shape index (κ1) is 13.9. The van der Waals surface area contributed by atoms with Gasteiger partial charge in [-0.3, -0.25) is 9.59 Å². The molecule has 2 amide bonds. The molecule has 1 saturated heterocycles. The zero-order valence-electron chi connectivity index (χ0n) is 12.3. The number of hydrogen-bond acceptors (Lipinski definition) is 3. The van der Waals surface area contributed by atoms with Gasteiger partial charge in [-0.2, -0.15) is 0 Å². The molecule has 1 N–H and O–H groups in total. The number of carbonyl (C=O) groups is 2. The second-order valence-electron chi connectivity index (χ2n) is 6.27. The van der Waals surface area contributed by atoms with Crippen molar-refractivity contribution in [3.63, 3.8) is 0 Å². The van der Waals surface area contributed by atoms with E-state index in [4.69, 9.17) is 4.74 Å². The number of hydrogen-bond donors (Lipinski definition) is 1. The molecule has 5 nitrogen and oxygen atoms in total. The zero-order chi connectivity index (χ0) is 14.3. The molecule has 0 aromatic carbocycles. The van der Waals surface area contributed by atoms with Crippen molar-refractivity contribution < 1.29 is 14.3 Å². The van der Waals surface area contributed by atoms with E-state index in [0.29, 0.717) is 12.3 Å². The lowest BCUT2D eigenvalue weighted by molar-refractivity contribution is -0.155. The summed E-state index contributed by atoms with van der Waals surface area (Å²) in [7, 11) is 1.71. The number of carbonyl (C=O) groups excluding carboxylic acids is 2. The van der Waals surface area contributed by atoms with Crippen molar-refractivity contribution in [3.8, 4) is 0 Å². The Morgan fingerprint density at radius 2 is 2.00 bits per heavy atom. The molecule has 0 spiro atoms. The Labute approximate surface area is 120 Å². The van der Waals surface area contributed by atoms with E-state index in [1.165, 1.54) is 0 Å². The van der Waals surface area contributed by atoms with Gasteiger partial charge in [-0.1, -0.05) is 6.92 Å². The predicted molar refractivity (Wildman–Crippen MR) is 74.0 cm³/mol. The third-order valence-corrected chi connectivity index (χ3v) is 5.01. The molecular weight excluding hydrogens is 256 g/mol. The Hall–Kier alpha value is -1.10. The van der Waals surface area contributed by atoms with E-state index < -0.39 is 0 Å². The van der Waals surface area contributed by atoms with Crippen molar-refractivity contribution in [1.29, 1.82) is 0 Å². The third kappa shape index (κ3) is 2.22. The summed E-state index contributed by atoms with van der Waals surface area (Å²) < 4.78 is 5.54. The Balaban J connectivity index is 1.86. The molecule has 20 heavy (non-hydrogen) atoms. The topological polar surface area (TPSA) is 58.6 Å². The average Bonchev–Trinajstić information content (AvgIpc) is 3.18. The third-order valence-electron chi connectivity index (χ3n) is 5.01. The first-order valence-electron chi connectivity index (χ1n) is 7.82. The second-order valence-corrected chi connectivity index (χ2v) is 6.27. The van der Waals surface area contributed by atoms with Crippen LogP contribution in [0.4, 0.5) is 0 Å². The van der Waals surface area contributed by atoms with Crippen LogP contribution in [0.25, 0.3) is 0 Å². The number of nitrogens with one attached hydrogen (secondary N) is 1. The van der Waals surface area contributed by atoms with Crippen LogP contribution in [0.3, 0.4) is 0 Å². The molecule has 1 aliphatic heterocycles. The maximum Gasteiger partial charge on any atom is 0.246 e. The standard InChI is InChI=1S/C15H24N2O3/c1-3-10-14(18)16-13(9-7-8-9)15(19)17(10)11-5-4-6-12(11)20-2/h9-13H,3-8H2,1-2H3,(H,16,18). The molecule has 5 heteroatoms. The highest BCUT2D eigenvalue weighted by Gasteiger charge is 2.50. The van der Waals surface area contributed by atoms with E-state index in [-0.39, 0.29) is 36.0 Å². The van der Waals surface area contributed by atoms with Gasteiger partial charge in [0.15, 0.2) is 0 Å². The highest BCUT2D eigenvalue weighted by molar-refractivity contribution is 5.97. The summed E-state index contributed by atoms with van der Waals surface area (Å²) in [4.78, 5) is 27.0. The second kappa shape index (κ2) is 5.35. The summed E-state index contributed by atoms with van der Waals surface area (Å²) in [6, 6.07) is -0.536. The highest BCUT2D eigenvalue weighted by atomic mass is 16.5. The van der Waals surface area contributed by atoms with Gasteiger partial charge in [0, 0.05) is 7.11 Å². The fraction of sp³-hybridized carbons (Fsp3) is 0.867. The Morgan fingerprint density at radius 1 is 1.25 bits per heavy atom. The first-order chi connectivity index (χ1) is 9.67. The minimum absolute atomic E-state index is 0.0192. The molecule has 1 heterocycles. The van der Waals surface area contributed by atoms with Crippen molar-refractivity contribution in [2.24, 2.45) is 5.92 Å². The minimum Gasteiger partial charge on any atom is -0.379 e. The van der Waals surface area contributed by atoms with Gasteiger partial charge in [0.2, 0.25) is 11.8 Å². The molecule has 0 radical (unpaired) electrons. The Morgan fingerprint density at radius 3 is 2.60 bits per heavy atom. The molecule has 3 fully saturated rings. The molecule has 0 bridgehead atoms. The highest BCUT2D eigenvalue weighted by Crippen LogP contribution is 2.37. The van der Waals surface area contributed by atoms with Crippen LogP contribution in [0.15, 0.2) is 0 Å². The van der Waals surface area contributed by atoms with E-state index >= 15 is 0 Å². The van der Waals surface area contributed by atoms with Gasteiger partial charge in [0.25, 0.3) is 0 Å².